The average Bonchev–Trinajstić information content (AvgIpc) is 2.73. The van der Waals surface area contributed by atoms with E-state index in [1.165, 1.54) is 6.92 Å². The van der Waals surface area contributed by atoms with E-state index in [2.05, 4.69) is 20.6 Å². The molecule has 1 aromatic carbocycles. The number of amides is 1. The largest absolute Gasteiger partial charge is 0.487 e. The number of hydrogen-bond donors (Lipinski definition) is 3. The van der Waals surface area contributed by atoms with Crippen LogP contribution >= 0.6 is 0 Å². The van der Waals surface area contributed by atoms with Crippen molar-refractivity contribution in [3.05, 3.63) is 35.3 Å². The van der Waals surface area contributed by atoms with Gasteiger partial charge in [0.15, 0.2) is 23.2 Å². The molecule has 4 rings (SSSR count). The number of hydrogen-bond acceptors (Lipinski definition) is 7. The Morgan fingerprint density at radius 1 is 1.28 bits per heavy atom. The van der Waals surface area contributed by atoms with Gasteiger partial charge in [0.25, 0.3) is 0 Å². The summed E-state index contributed by atoms with van der Waals surface area (Å²) in [4.78, 5) is 22.8. The first-order valence-corrected chi connectivity index (χ1v) is 10.3. The molecule has 0 spiro atoms. The van der Waals surface area contributed by atoms with Crippen LogP contribution in [0.4, 0.5) is 30.6 Å². The van der Waals surface area contributed by atoms with Crippen LogP contribution in [0.3, 0.4) is 0 Å². The van der Waals surface area contributed by atoms with E-state index >= 15 is 0 Å². The number of nitrogens with one attached hydrogen (secondary N) is 2. The summed E-state index contributed by atoms with van der Waals surface area (Å²) in [7, 11) is 1.68. The molecular formula is C21H24F3N5O3. The van der Waals surface area contributed by atoms with Crippen molar-refractivity contribution in [1.29, 1.82) is 0 Å². The van der Waals surface area contributed by atoms with Crippen molar-refractivity contribution in [2.45, 2.75) is 51.5 Å². The minimum absolute atomic E-state index is 0.0925. The number of rotatable bonds is 5. The van der Waals surface area contributed by atoms with E-state index in [9.17, 15) is 23.1 Å². The zero-order valence-electron chi connectivity index (χ0n) is 18.0. The topological polar surface area (TPSA) is 99.6 Å². The number of nitrogens with zero attached hydrogens (tertiary/aromatic N) is 3. The monoisotopic (exact) mass is 451 g/mol. The number of aryl methyl sites for hydroxylation is 1. The SMILES string of the molecule is Cc1nc(N[C@H]2C[C@H](Oc3ccc(F)c(F)c3F)C2C)nc2c1NC(=O)[C@H]([C@H](C)O)N2C. The summed E-state index contributed by atoms with van der Waals surface area (Å²) in [6.45, 7) is 5.15. The molecule has 1 unspecified atom stereocenters. The molecule has 1 fully saturated rings. The van der Waals surface area contributed by atoms with Crippen LogP contribution in [0.25, 0.3) is 0 Å². The Hall–Kier alpha value is -3.08. The number of carbonyl (C=O) groups excluding carboxylic acids is 1. The fourth-order valence-electron chi connectivity index (χ4n) is 4.09. The molecule has 8 nitrogen and oxygen atoms in total. The van der Waals surface area contributed by atoms with Crippen LogP contribution in [0, 0.1) is 30.3 Å². The van der Waals surface area contributed by atoms with Gasteiger partial charge in [-0.3, -0.25) is 4.79 Å². The molecular weight excluding hydrogens is 427 g/mol. The number of likely N-dealkylation sites (N-methyl/N-ethyl adjacent to an activating group) is 1. The third kappa shape index (κ3) is 3.70. The molecule has 1 amide bonds. The van der Waals surface area contributed by atoms with Gasteiger partial charge in [-0.05, 0) is 26.0 Å². The number of benzene rings is 1. The molecule has 2 heterocycles. The lowest BCUT2D eigenvalue weighted by Crippen LogP contribution is -2.53. The molecule has 2 aromatic rings. The third-order valence-electron chi connectivity index (χ3n) is 6.10. The first-order chi connectivity index (χ1) is 15.1. The van der Waals surface area contributed by atoms with Crippen molar-refractivity contribution in [3.8, 4) is 5.75 Å². The van der Waals surface area contributed by atoms with Crippen molar-refractivity contribution < 1.29 is 27.8 Å². The van der Waals surface area contributed by atoms with E-state index in [1.807, 2.05) is 6.92 Å². The minimum atomic E-state index is -1.56. The summed E-state index contributed by atoms with van der Waals surface area (Å²) in [6.07, 6.45) is -0.824. The molecule has 1 saturated carbocycles. The molecule has 1 aromatic heterocycles. The molecule has 11 heteroatoms. The summed E-state index contributed by atoms with van der Waals surface area (Å²) in [6, 6.07) is 1.02. The Kier molecular flexibility index (Phi) is 5.61. The second-order valence-electron chi connectivity index (χ2n) is 8.29. The highest BCUT2D eigenvalue weighted by Gasteiger charge is 2.41. The van der Waals surface area contributed by atoms with Gasteiger partial charge in [0.1, 0.15) is 17.8 Å². The number of carbonyl (C=O) groups is 1. The van der Waals surface area contributed by atoms with Gasteiger partial charge >= 0.3 is 0 Å². The lowest BCUT2D eigenvalue weighted by atomic mass is 9.77. The van der Waals surface area contributed by atoms with Crippen LogP contribution in [0.1, 0.15) is 26.0 Å². The summed E-state index contributed by atoms with van der Waals surface area (Å²) in [5.74, 6) is -4.12. The van der Waals surface area contributed by atoms with Gasteiger partial charge in [-0.2, -0.15) is 9.37 Å². The second kappa shape index (κ2) is 8.12. The zero-order chi connectivity index (χ0) is 23.3. The predicted molar refractivity (Wildman–Crippen MR) is 111 cm³/mol. The van der Waals surface area contributed by atoms with Crippen molar-refractivity contribution in [3.63, 3.8) is 0 Å². The van der Waals surface area contributed by atoms with Gasteiger partial charge < -0.3 is 25.4 Å². The van der Waals surface area contributed by atoms with E-state index < -0.39 is 35.7 Å². The summed E-state index contributed by atoms with van der Waals surface area (Å²) >= 11 is 0. The van der Waals surface area contributed by atoms with E-state index in [4.69, 9.17) is 4.74 Å². The quantitative estimate of drug-likeness (QED) is 0.601. The second-order valence-corrected chi connectivity index (χ2v) is 8.29. The molecule has 2 aliphatic rings. The maximum absolute atomic E-state index is 13.9. The molecule has 3 N–H and O–H groups in total. The van der Waals surface area contributed by atoms with Gasteiger partial charge in [0.05, 0.1) is 11.8 Å². The fraction of sp³-hybridized carbons (Fsp3) is 0.476. The number of aliphatic hydroxyl groups is 1. The first-order valence-electron chi connectivity index (χ1n) is 10.3. The average molecular weight is 451 g/mol. The van der Waals surface area contributed by atoms with Crippen LogP contribution < -0.4 is 20.3 Å². The van der Waals surface area contributed by atoms with Crippen LogP contribution in [0.15, 0.2) is 12.1 Å². The Morgan fingerprint density at radius 3 is 2.66 bits per heavy atom. The molecule has 0 bridgehead atoms. The van der Waals surface area contributed by atoms with Crippen LogP contribution in [0.2, 0.25) is 0 Å². The maximum atomic E-state index is 13.9. The number of halogens is 3. The van der Waals surface area contributed by atoms with Gasteiger partial charge in [-0.15, -0.1) is 0 Å². The fourth-order valence-corrected chi connectivity index (χ4v) is 4.09. The molecule has 1 aliphatic heterocycles. The molecule has 172 valence electrons. The first kappa shape index (κ1) is 22.1. The number of ether oxygens (including phenoxy) is 1. The highest BCUT2D eigenvalue weighted by molar-refractivity contribution is 6.03. The smallest absolute Gasteiger partial charge is 0.249 e. The number of aromatic nitrogens is 2. The highest BCUT2D eigenvalue weighted by atomic mass is 19.2. The van der Waals surface area contributed by atoms with Gasteiger partial charge in [-0.25, -0.2) is 13.8 Å². The van der Waals surface area contributed by atoms with Crippen molar-refractivity contribution in [1.82, 2.24) is 9.97 Å². The summed E-state index contributed by atoms with van der Waals surface area (Å²) in [5, 5.41) is 15.9. The van der Waals surface area contributed by atoms with E-state index in [-0.39, 0.29) is 23.6 Å². The molecule has 32 heavy (non-hydrogen) atoms. The Labute approximate surface area is 182 Å². The lowest BCUT2D eigenvalue weighted by Gasteiger charge is -2.43. The molecule has 1 aliphatic carbocycles. The Morgan fingerprint density at radius 2 is 2.00 bits per heavy atom. The normalized spacial score (nSPS) is 25.5. The van der Waals surface area contributed by atoms with Gasteiger partial charge in [0.2, 0.25) is 17.7 Å². The lowest BCUT2D eigenvalue weighted by molar-refractivity contribution is -0.119. The zero-order valence-corrected chi connectivity index (χ0v) is 18.0. The standard InChI is InChI=1S/C21H24F3N5O3/c1-8-12(7-14(8)32-13-6-5-11(22)15(23)16(13)24)26-21-25-9(2)17-19(28-21)29(4)18(10(3)30)20(31)27-17/h5-6,8,10,12,14,18,30H,7H2,1-4H3,(H,27,31)(H,25,26,28)/t8?,10-,12-,14-,18-/m0/s1. The van der Waals surface area contributed by atoms with Crippen LogP contribution in [-0.4, -0.2) is 52.3 Å². The number of anilines is 3. The Bertz CT molecular complexity index is 1070. The summed E-state index contributed by atoms with van der Waals surface area (Å²) < 4.78 is 46.0. The molecule has 0 radical (unpaired) electrons. The maximum Gasteiger partial charge on any atom is 0.249 e. The van der Waals surface area contributed by atoms with Crippen molar-refractivity contribution in [2.24, 2.45) is 5.92 Å². The Balaban J connectivity index is 1.47. The van der Waals surface area contributed by atoms with Gasteiger partial charge in [0, 0.05) is 25.4 Å². The molecule has 0 saturated heterocycles. The van der Waals surface area contributed by atoms with Gasteiger partial charge in [-0.1, -0.05) is 6.92 Å². The predicted octanol–water partition coefficient (Wildman–Crippen LogP) is 2.61. The van der Waals surface area contributed by atoms with E-state index in [0.717, 1.165) is 12.1 Å². The van der Waals surface area contributed by atoms with Crippen LogP contribution in [-0.2, 0) is 4.79 Å². The summed E-state index contributed by atoms with van der Waals surface area (Å²) in [5.41, 5.74) is 1.04. The minimum Gasteiger partial charge on any atom is -0.487 e. The molecule has 5 atom stereocenters. The highest BCUT2D eigenvalue weighted by Crippen LogP contribution is 2.37. The van der Waals surface area contributed by atoms with Crippen molar-refractivity contribution in [2.75, 3.05) is 22.6 Å². The number of aliphatic hydroxyl groups excluding tert-OH is 1. The van der Waals surface area contributed by atoms with E-state index in [1.54, 1.807) is 18.9 Å². The van der Waals surface area contributed by atoms with E-state index in [0.29, 0.717) is 29.6 Å². The van der Waals surface area contributed by atoms with Crippen LogP contribution in [0.5, 0.6) is 5.75 Å². The third-order valence-corrected chi connectivity index (χ3v) is 6.10. The number of fused-ring (bicyclic) bond motifs is 1. The van der Waals surface area contributed by atoms with Crippen molar-refractivity contribution >= 4 is 23.4 Å².